The Hall–Kier alpha value is -2.01. The van der Waals surface area contributed by atoms with Crippen molar-refractivity contribution in [1.82, 2.24) is 0 Å². The van der Waals surface area contributed by atoms with Crippen LogP contribution in [0, 0.1) is 10.1 Å². The molecule has 0 aliphatic carbocycles. The predicted molar refractivity (Wildman–Crippen MR) is 72.2 cm³/mol. The zero-order valence-corrected chi connectivity index (χ0v) is 10.8. The van der Waals surface area contributed by atoms with Crippen molar-refractivity contribution in [2.24, 2.45) is 0 Å². The van der Waals surface area contributed by atoms with Crippen LogP contribution in [0.2, 0.25) is 0 Å². The third kappa shape index (κ3) is 2.62. The molecule has 0 saturated carbocycles. The molecule has 5 heteroatoms. The fourth-order valence-electron chi connectivity index (χ4n) is 1.67. The highest BCUT2D eigenvalue weighted by atomic mass is 32.1. The molecule has 4 nitrogen and oxygen atoms in total. The lowest BCUT2D eigenvalue weighted by atomic mass is 10.1. The summed E-state index contributed by atoms with van der Waals surface area (Å²) in [5.41, 5.74) is 0.756. The minimum atomic E-state index is -0.359. The zero-order valence-electron chi connectivity index (χ0n) is 9.95. The van der Waals surface area contributed by atoms with Gasteiger partial charge in [0.1, 0.15) is 6.54 Å². The largest absolute Gasteiger partial charge is 0.276 e. The van der Waals surface area contributed by atoms with Gasteiger partial charge in [-0.05, 0) is 19.1 Å². The molecule has 2 rings (SSSR count). The van der Waals surface area contributed by atoms with Crippen molar-refractivity contribution in [3.8, 4) is 0 Å². The maximum absolute atomic E-state index is 10.9. The van der Waals surface area contributed by atoms with Gasteiger partial charge in [0.15, 0.2) is 6.20 Å². The van der Waals surface area contributed by atoms with Crippen molar-refractivity contribution >= 4 is 29.2 Å². The molecular formula is C13H13N2O2S+. The van der Waals surface area contributed by atoms with Crippen LogP contribution in [0.15, 0.2) is 35.8 Å². The van der Waals surface area contributed by atoms with Gasteiger partial charge < -0.3 is 0 Å². The van der Waals surface area contributed by atoms with E-state index in [1.165, 1.54) is 6.07 Å². The molecule has 0 radical (unpaired) electrons. The smallest absolute Gasteiger partial charge is 0.258 e. The molecule has 2 aromatic rings. The number of para-hydroxylation sites is 1. The molecule has 0 aliphatic heterocycles. The van der Waals surface area contributed by atoms with E-state index in [0.29, 0.717) is 5.56 Å². The number of rotatable bonds is 4. The lowest BCUT2D eigenvalue weighted by Gasteiger charge is -1.95. The van der Waals surface area contributed by atoms with E-state index < -0.39 is 0 Å². The van der Waals surface area contributed by atoms with Crippen LogP contribution >= 0.6 is 11.3 Å². The summed E-state index contributed by atoms with van der Waals surface area (Å²) in [4.78, 5) is 10.5. The molecule has 0 aliphatic rings. The van der Waals surface area contributed by atoms with Gasteiger partial charge in [0.25, 0.3) is 10.7 Å². The van der Waals surface area contributed by atoms with Crippen molar-refractivity contribution < 1.29 is 9.49 Å². The van der Waals surface area contributed by atoms with Crippen molar-refractivity contribution in [2.75, 3.05) is 0 Å². The van der Waals surface area contributed by atoms with E-state index in [9.17, 15) is 10.1 Å². The van der Waals surface area contributed by atoms with Gasteiger partial charge >= 0.3 is 0 Å². The van der Waals surface area contributed by atoms with Gasteiger partial charge in [-0.25, -0.2) is 0 Å². The standard InChI is InChI=1S/C13H13N2O2S/c1-2-14-9-10-18-13(14)8-7-11-5-3-4-6-12(11)15(16)17/h3-10H,2H2,1H3/q+1. The monoisotopic (exact) mass is 261 g/mol. The van der Waals surface area contributed by atoms with E-state index in [-0.39, 0.29) is 10.6 Å². The Labute approximate surface area is 109 Å². The first kappa shape index (κ1) is 12.4. The molecule has 0 atom stereocenters. The quantitative estimate of drug-likeness (QED) is 0.482. The molecule has 1 aromatic heterocycles. The Morgan fingerprint density at radius 3 is 2.89 bits per heavy atom. The fourth-order valence-corrected chi connectivity index (χ4v) is 2.49. The van der Waals surface area contributed by atoms with E-state index >= 15 is 0 Å². The number of thiazole rings is 1. The van der Waals surface area contributed by atoms with E-state index in [0.717, 1.165) is 11.6 Å². The van der Waals surface area contributed by atoms with E-state index in [1.807, 2.05) is 17.7 Å². The Kier molecular flexibility index (Phi) is 3.84. The van der Waals surface area contributed by atoms with E-state index in [4.69, 9.17) is 0 Å². The third-order valence-corrected chi connectivity index (χ3v) is 3.46. The Morgan fingerprint density at radius 2 is 2.17 bits per heavy atom. The molecule has 92 valence electrons. The molecular weight excluding hydrogens is 248 g/mol. The summed E-state index contributed by atoms with van der Waals surface area (Å²) in [6.45, 7) is 2.95. The second-order valence-electron chi connectivity index (χ2n) is 3.68. The topological polar surface area (TPSA) is 47.0 Å². The van der Waals surface area contributed by atoms with E-state index in [1.54, 1.807) is 35.6 Å². The minimum absolute atomic E-state index is 0.133. The van der Waals surface area contributed by atoms with Gasteiger partial charge in [-0.15, -0.1) is 0 Å². The normalized spacial score (nSPS) is 10.9. The first-order valence-electron chi connectivity index (χ1n) is 5.61. The number of aromatic nitrogens is 1. The third-order valence-electron chi connectivity index (χ3n) is 2.59. The highest BCUT2D eigenvalue weighted by Gasteiger charge is 2.11. The zero-order chi connectivity index (χ0) is 13.0. The maximum Gasteiger partial charge on any atom is 0.276 e. The second-order valence-corrected chi connectivity index (χ2v) is 4.60. The highest BCUT2D eigenvalue weighted by molar-refractivity contribution is 7.10. The molecule has 0 saturated heterocycles. The number of benzene rings is 1. The summed E-state index contributed by atoms with van der Waals surface area (Å²) in [6.07, 6.45) is 5.70. The van der Waals surface area contributed by atoms with Crippen molar-refractivity contribution in [1.29, 1.82) is 0 Å². The first-order chi connectivity index (χ1) is 8.72. The van der Waals surface area contributed by atoms with Crippen LogP contribution < -0.4 is 4.57 Å². The summed E-state index contributed by atoms with van der Waals surface area (Å²) >= 11 is 1.61. The number of nitro benzene ring substituents is 1. The molecule has 1 aromatic carbocycles. The van der Waals surface area contributed by atoms with Crippen LogP contribution in [0.5, 0.6) is 0 Å². The van der Waals surface area contributed by atoms with Crippen molar-refractivity contribution in [3.63, 3.8) is 0 Å². The molecule has 0 bridgehead atoms. The van der Waals surface area contributed by atoms with Crippen LogP contribution in [0.25, 0.3) is 12.2 Å². The number of hydrogen-bond donors (Lipinski definition) is 0. The SMILES string of the molecule is CC[n+]1ccsc1C=Cc1ccccc1[N+](=O)[O-]. The van der Waals surface area contributed by atoms with Gasteiger partial charge in [0, 0.05) is 12.1 Å². The van der Waals surface area contributed by atoms with Crippen LogP contribution in [-0.4, -0.2) is 4.92 Å². The summed E-state index contributed by atoms with van der Waals surface area (Å²) in [7, 11) is 0. The van der Waals surface area contributed by atoms with Gasteiger partial charge in [0.2, 0.25) is 0 Å². The highest BCUT2D eigenvalue weighted by Crippen LogP contribution is 2.20. The van der Waals surface area contributed by atoms with Gasteiger partial charge in [-0.1, -0.05) is 23.5 Å². The van der Waals surface area contributed by atoms with Crippen LogP contribution in [-0.2, 0) is 6.54 Å². The number of nitrogens with zero attached hydrogens (tertiary/aromatic N) is 2. The van der Waals surface area contributed by atoms with Gasteiger partial charge in [0.05, 0.1) is 15.9 Å². The summed E-state index contributed by atoms with van der Waals surface area (Å²) < 4.78 is 2.09. The molecule has 0 amide bonds. The Bertz CT molecular complexity index is 590. The summed E-state index contributed by atoms with van der Waals surface area (Å²) in [5.74, 6) is 0. The lowest BCUT2D eigenvalue weighted by Crippen LogP contribution is -2.31. The average Bonchev–Trinajstić information content (AvgIpc) is 2.84. The number of aryl methyl sites for hydroxylation is 1. The average molecular weight is 261 g/mol. The number of nitro groups is 1. The Balaban J connectivity index is 2.32. The Morgan fingerprint density at radius 1 is 1.39 bits per heavy atom. The van der Waals surface area contributed by atoms with Crippen LogP contribution in [0.1, 0.15) is 17.5 Å². The molecule has 0 unspecified atom stereocenters. The second kappa shape index (κ2) is 5.55. The lowest BCUT2D eigenvalue weighted by molar-refractivity contribution is -0.690. The molecule has 1 heterocycles. The van der Waals surface area contributed by atoms with Crippen LogP contribution in [0.3, 0.4) is 0 Å². The molecule has 0 N–H and O–H groups in total. The van der Waals surface area contributed by atoms with Crippen molar-refractivity contribution in [3.05, 3.63) is 56.5 Å². The van der Waals surface area contributed by atoms with Crippen molar-refractivity contribution in [2.45, 2.75) is 13.5 Å². The maximum atomic E-state index is 10.9. The molecule has 0 spiro atoms. The fraction of sp³-hybridized carbons (Fsp3) is 0.154. The molecule has 18 heavy (non-hydrogen) atoms. The van der Waals surface area contributed by atoms with E-state index in [2.05, 4.69) is 11.5 Å². The van der Waals surface area contributed by atoms with Gasteiger partial charge in [-0.3, -0.25) is 10.1 Å². The summed E-state index contributed by atoms with van der Waals surface area (Å²) in [6, 6.07) is 6.74. The predicted octanol–water partition coefficient (Wildman–Crippen LogP) is 3.13. The van der Waals surface area contributed by atoms with Crippen LogP contribution in [0.4, 0.5) is 5.69 Å². The summed E-state index contributed by atoms with van der Waals surface area (Å²) in [5, 5.41) is 14.0. The number of hydrogen-bond acceptors (Lipinski definition) is 3. The minimum Gasteiger partial charge on any atom is -0.258 e. The van der Waals surface area contributed by atoms with Gasteiger partial charge in [-0.2, -0.15) is 4.57 Å². The molecule has 0 fully saturated rings. The first-order valence-corrected chi connectivity index (χ1v) is 6.48.